The van der Waals surface area contributed by atoms with E-state index in [-0.39, 0.29) is 0 Å². The number of anilines is 2. The van der Waals surface area contributed by atoms with E-state index in [0.717, 1.165) is 19.3 Å². The van der Waals surface area contributed by atoms with Crippen LogP contribution in [0, 0.1) is 18.8 Å². The molecule has 3 rings (SSSR count). The highest BCUT2D eigenvalue weighted by molar-refractivity contribution is 14.1. The van der Waals surface area contributed by atoms with Crippen molar-refractivity contribution in [2.24, 2.45) is 11.8 Å². The number of rotatable bonds is 9. The van der Waals surface area contributed by atoms with Gasteiger partial charge in [-0.1, -0.05) is 68.8 Å². The van der Waals surface area contributed by atoms with Gasteiger partial charge in [0.2, 0.25) is 0 Å². The maximum Gasteiger partial charge on any atom is 0.0461 e. The molecule has 30 heavy (non-hydrogen) atoms. The van der Waals surface area contributed by atoms with Crippen LogP contribution in [-0.4, -0.2) is 0 Å². The average Bonchev–Trinajstić information content (AvgIpc) is 2.76. The van der Waals surface area contributed by atoms with Crippen LogP contribution in [0.25, 0.3) is 0 Å². The number of unbranched alkanes of at least 4 members (excludes halogenated alkanes) is 1. The zero-order chi connectivity index (χ0) is 21.5. The minimum Gasteiger partial charge on any atom is -0.311 e. The van der Waals surface area contributed by atoms with Crippen molar-refractivity contribution in [2.75, 3.05) is 4.90 Å². The van der Waals surface area contributed by atoms with Crippen LogP contribution < -0.4 is 4.90 Å². The van der Waals surface area contributed by atoms with E-state index in [1.807, 2.05) is 0 Å². The van der Waals surface area contributed by atoms with Gasteiger partial charge in [-0.3, -0.25) is 0 Å². The van der Waals surface area contributed by atoms with Crippen LogP contribution in [0.5, 0.6) is 0 Å². The van der Waals surface area contributed by atoms with Crippen LogP contribution >= 0.6 is 22.6 Å². The Balaban J connectivity index is 1.90. The normalized spacial score (nSPS) is 16.8. The first-order valence-electron chi connectivity index (χ1n) is 11.2. The summed E-state index contributed by atoms with van der Waals surface area (Å²) >= 11 is 2.40. The van der Waals surface area contributed by atoms with Gasteiger partial charge in [-0.15, -0.1) is 0 Å². The van der Waals surface area contributed by atoms with Crippen molar-refractivity contribution in [3.8, 4) is 0 Å². The summed E-state index contributed by atoms with van der Waals surface area (Å²) in [5.74, 6) is 1.09. The summed E-state index contributed by atoms with van der Waals surface area (Å²) in [5, 5.41) is 0. The third kappa shape index (κ3) is 5.66. The van der Waals surface area contributed by atoms with Gasteiger partial charge < -0.3 is 4.90 Å². The molecule has 0 bridgehead atoms. The van der Waals surface area contributed by atoms with Crippen LogP contribution in [0.4, 0.5) is 11.4 Å². The van der Waals surface area contributed by atoms with Gasteiger partial charge in [0, 0.05) is 17.1 Å². The van der Waals surface area contributed by atoms with Crippen LogP contribution in [0.2, 0.25) is 0 Å². The SMILES string of the molecule is C=C(I)C(CC)C1C=CC(N(c2ccc(C)cc2)c2ccc(CCCC)cc2)=CC1. The number of hydrogen-bond donors (Lipinski definition) is 0. The lowest BCUT2D eigenvalue weighted by molar-refractivity contribution is 0.459. The molecular formula is C28H34IN. The summed E-state index contributed by atoms with van der Waals surface area (Å²) in [5.41, 5.74) is 6.39. The molecule has 2 aromatic rings. The van der Waals surface area contributed by atoms with Crippen LogP contribution in [0.1, 0.15) is 50.7 Å². The predicted octanol–water partition coefficient (Wildman–Crippen LogP) is 8.91. The third-order valence-electron chi connectivity index (χ3n) is 6.04. The lowest BCUT2D eigenvalue weighted by Gasteiger charge is -2.31. The van der Waals surface area contributed by atoms with E-state index < -0.39 is 0 Å². The van der Waals surface area contributed by atoms with Crippen LogP contribution in [0.3, 0.4) is 0 Å². The van der Waals surface area contributed by atoms with E-state index in [1.165, 1.54) is 44.6 Å². The van der Waals surface area contributed by atoms with Gasteiger partial charge in [-0.25, -0.2) is 0 Å². The molecule has 0 aliphatic heterocycles. The summed E-state index contributed by atoms with van der Waals surface area (Å²) in [6, 6.07) is 18.0. The summed E-state index contributed by atoms with van der Waals surface area (Å²) in [7, 11) is 0. The van der Waals surface area contributed by atoms with Crippen molar-refractivity contribution in [2.45, 2.75) is 52.9 Å². The molecule has 0 spiro atoms. The molecule has 1 aliphatic rings. The third-order valence-corrected chi connectivity index (χ3v) is 6.84. The second-order valence-corrected chi connectivity index (χ2v) is 9.68. The average molecular weight is 511 g/mol. The molecule has 2 heteroatoms. The number of nitrogens with zero attached hydrogens (tertiary/aromatic N) is 1. The van der Waals surface area contributed by atoms with E-state index in [2.05, 4.69) is 122 Å². The van der Waals surface area contributed by atoms with Crippen molar-refractivity contribution in [1.29, 1.82) is 0 Å². The van der Waals surface area contributed by atoms with Gasteiger partial charge in [-0.05, 0) is 107 Å². The van der Waals surface area contributed by atoms with E-state index in [9.17, 15) is 0 Å². The quantitative estimate of drug-likeness (QED) is 0.304. The van der Waals surface area contributed by atoms with Gasteiger partial charge in [0.05, 0.1) is 0 Å². The highest BCUT2D eigenvalue weighted by atomic mass is 127. The van der Waals surface area contributed by atoms with Crippen molar-refractivity contribution >= 4 is 34.0 Å². The first kappa shape index (κ1) is 22.9. The van der Waals surface area contributed by atoms with E-state index in [0.29, 0.717) is 11.8 Å². The smallest absolute Gasteiger partial charge is 0.0461 e. The molecular weight excluding hydrogens is 477 g/mol. The van der Waals surface area contributed by atoms with E-state index in [1.54, 1.807) is 0 Å². The summed E-state index contributed by atoms with van der Waals surface area (Å²) in [6.07, 6.45) is 12.9. The Morgan fingerprint density at radius 2 is 1.70 bits per heavy atom. The monoisotopic (exact) mass is 511 g/mol. The molecule has 0 amide bonds. The fraction of sp³-hybridized carbons (Fsp3) is 0.357. The van der Waals surface area contributed by atoms with Crippen molar-refractivity contribution < 1.29 is 0 Å². The molecule has 0 radical (unpaired) electrons. The Morgan fingerprint density at radius 1 is 1.07 bits per heavy atom. The molecule has 2 unspecified atom stereocenters. The molecule has 0 saturated carbocycles. The number of hydrogen-bond acceptors (Lipinski definition) is 1. The Labute approximate surface area is 196 Å². The summed E-state index contributed by atoms with van der Waals surface area (Å²) in [4.78, 5) is 2.38. The minimum absolute atomic E-state index is 0.541. The van der Waals surface area contributed by atoms with E-state index in [4.69, 9.17) is 0 Å². The number of benzene rings is 2. The molecule has 1 aliphatic carbocycles. The standard InChI is InChI=1S/C28H34IN/c1-5-7-8-23-11-17-26(18-12-23)30(25-15-9-21(3)10-16-25)27-19-13-24(14-20-27)28(6-2)22(4)29/h9-13,15-20,24,28H,4-8,14H2,1-3H3. The number of aryl methyl sites for hydroxylation is 2. The summed E-state index contributed by atoms with van der Waals surface area (Å²) in [6.45, 7) is 10.9. The topological polar surface area (TPSA) is 3.24 Å². The zero-order valence-corrected chi connectivity index (χ0v) is 20.7. The highest BCUT2D eigenvalue weighted by Gasteiger charge is 2.23. The maximum atomic E-state index is 4.21. The molecule has 0 saturated heterocycles. The largest absolute Gasteiger partial charge is 0.311 e. The highest BCUT2D eigenvalue weighted by Crippen LogP contribution is 2.37. The molecule has 2 atom stereocenters. The first-order valence-corrected chi connectivity index (χ1v) is 12.3. The van der Waals surface area contributed by atoms with Gasteiger partial charge in [0.15, 0.2) is 0 Å². The molecule has 0 N–H and O–H groups in total. The van der Waals surface area contributed by atoms with E-state index >= 15 is 0 Å². The second kappa shape index (κ2) is 11.0. The number of allylic oxidation sites excluding steroid dienone is 4. The molecule has 1 nitrogen and oxygen atoms in total. The van der Waals surface area contributed by atoms with Crippen molar-refractivity contribution in [1.82, 2.24) is 0 Å². The van der Waals surface area contributed by atoms with Gasteiger partial charge in [0.1, 0.15) is 0 Å². The molecule has 2 aromatic carbocycles. The Bertz CT molecular complexity index is 889. The Hall–Kier alpha value is -1.81. The van der Waals surface area contributed by atoms with Crippen LogP contribution in [-0.2, 0) is 6.42 Å². The lowest BCUT2D eigenvalue weighted by Crippen LogP contribution is -2.20. The zero-order valence-electron chi connectivity index (χ0n) is 18.6. The predicted molar refractivity (Wildman–Crippen MR) is 141 cm³/mol. The fourth-order valence-electron chi connectivity index (χ4n) is 4.18. The number of halogens is 1. The second-order valence-electron chi connectivity index (χ2n) is 8.29. The fourth-order valence-corrected chi connectivity index (χ4v) is 5.08. The molecule has 0 heterocycles. The Morgan fingerprint density at radius 3 is 2.20 bits per heavy atom. The van der Waals surface area contributed by atoms with Crippen molar-refractivity contribution in [3.63, 3.8) is 0 Å². The van der Waals surface area contributed by atoms with Gasteiger partial charge >= 0.3 is 0 Å². The maximum absolute atomic E-state index is 4.21. The minimum atomic E-state index is 0.541. The van der Waals surface area contributed by atoms with Crippen LogP contribution in [0.15, 0.2) is 82.6 Å². The first-order chi connectivity index (χ1) is 14.5. The van der Waals surface area contributed by atoms with Gasteiger partial charge in [0.25, 0.3) is 0 Å². The summed E-state index contributed by atoms with van der Waals surface area (Å²) < 4.78 is 1.26. The molecule has 158 valence electrons. The molecule has 0 aromatic heterocycles. The molecule has 0 fully saturated rings. The van der Waals surface area contributed by atoms with Gasteiger partial charge in [-0.2, -0.15) is 0 Å². The lowest BCUT2D eigenvalue weighted by atomic mass is 9.84. The Kier molecular flexibility index (Phi) is 8.38. The van der Waals surface area contributed by atoms with Crippen molar-refractivity contribution in [3.05, 3.63) is 93.7 Å².